The summed E-state index contributed by atoms with van der Waals surface area (Å²) in [6.45, 7) is 0. The first kappa shape index (κ1) is 21.9. The summed E-state index contributed by atoms with van der Waals surface area (Å²) in [5, 5.41) is 1.07. The zero-order chi connectivity index (χ0) is 24.1. The van der Waals surface area contributed by atoms with Gasteiger partial charge < -0.3 is 10.7 Å². The van der Waals surface area contributed by atoms with Crippen molar-refractivity contribution >= 4 is 32.9 Å². The molecule has 4 aromatic rings. The predicted octanol–water partition coefficient (Wildman–Crippen LogP) is 3.25. The first-order chi connectivity index (χ1) is 16.2. The van der Waals surface area contributed by atoms with Gasteiger partial charge in [0.2, 0.25) is 0 Å². The SMILES string of the molecule is CN1C(=O)C(c2ccc(CS(=O)(=O)O)cc2)(c2cccc(-c3ccc4[nH]ccc4c3)c2)N=C1N. The van der Waals surface area contributed by atoms with Gasteiger partial charge in [0, 0.05) is 18.8 Å². The number of aliphatic imine (C=N–C) groups is 1. The molecule has 1 atom stereocenters. The molecule has 9 heteroatoms. The first-order valence-electron chi connectivity index (χ1n) is 10.5. The van der Waals surface area contributed by atoms with Crippen molar-refractivity contribution in [3.05, 3.63) is 95.7 Å². The van der Waals surface area contributed by atoms with Crippen molar-refractivity contribution in [2.45, 2.75) is 11.3 Å². The number of carbonyl (C=O) groups excluding carboxylic acids is 1. The Labute approximate surface area is 196 Å². The predicted molar refractivity (Wildman–Crippen MR) is 131 cm³/mol. The number of benzene rings is 3. The Balaban J connectivity index is 1.64. The Kier molecular flexibility index (Phi) is 5.03. The minimum Gasteiger partial charge on any atom is -0.369 e. The van der Waals surface area contributed by atoms with E-state index in [2.05, 4.69) is 16.0 Å². The van der Waals surface area contributed by atoms with Gasteiger partial charge in [-0.1, -0.05) is 48.5 Å². The summed E-state index contributed by atoms with van der Waals surface area (Å²) < 4.78 is 31.7. The summed E-state index contributed by atoms with van der Waals surface area (Å²) >= 11 is 0. The zero-order valence-corrected chi connectivity index (χ0v) is 19.1. The number of hydrogen-bond acceptors (Lipinski definition) is 5. The number of hydrogen-bond donors (Lipinski definition) is 3. The normalized spacial score (nSPS) is 18.5. The third kappa shape index (κ3) is 3.64. The maximum absolute atomic E-state index is 13.5. The van der Waals surface area contributed by atoms with Gasteiger partial charge in [0.05, 0.1) is 0 Å². The summed E-state index contributed by atoms with van der Waals surface area (Å²) in [6.07, 6.45) is 1.88. The molecule has 1 aliphatic heterocycles. The highest BCUT2D eigenvalue weighted by Crippen LogP contribution is 2.40. The van der Waals surface area contributed by atoms with Crippen molar-refractivity contribution in [2.75, 3.05) is 7.05 Å². The third-order valence-electron chi connectivity index (χ3n) is 6.13. The van der Waals surface area contributed by atoms with E-state index in [4.69, 9.17) is 10.3 Å². The summed E-state index contributed by atoms with van der Waals surface area (Å²) in [5.41, 5.74) is 9.17. The number of nitrogens with two attached hydrogens (primary N) is 1. The fourth-order valence-electron chi connectivity index (χ4n) is 4.39. The van der Waals surface area contributed by atoms with E-state index < -0.39 is 21.4 Å². The van der Waals surface area contributed by atoms with Gasteiger partial charge in [-0.15, -0.1) is 0 Å². The standard InChI is InChI=1S/C25H22N4O4S/c1-29-23(30)25(28-24(29)26,20-8-5-16(6-9-20)15-34(31,32)33)21-4-2-3-17(14-21)18-7-10-22-19(13-18)11-12-27-22/h2-14,27H,15H2,1H3,(H2,26,28)(H,31,32,33). The maximum atomic E-state index is 13.5. The molecule has 5 rings (SSSR count). The molecule has 0 spiro atoms. The molecule has 3 aromatic carbocycles. The van der Waals surface area contributed by atoms with Gasteiger partial charge in [-0.2, -0.15) is 8.42 Å². The molecule has 0 bridgehead atoms. The molecule has 0 fully saturated rings. The fourth-order valence-corrected chi connectivity index (χ4v) is 5.01. The molecule has 0 saturated heterocycles. The number of likely N-dealkylation sites (N-methyl/N-ethyl adjacent to an activating group) is 1. The van der Waals surface area contributed by atoms with E-state index in [1.54, 1.807) is 31.3 Å². The number of carbonyl (C=O) groups is 1. The molecule has 172 valence electrons. The van der Waals surface area contributed by atoms with E-state index in [0.717, 1.165) is 22.0 Å². The van der Waals surface area contributed by atoms with Gasteiger partial charge in [0.25, 0.3) is 16.0 Å². The number of H-pyrrole nitrogens is 1. The van der Waals surface area contributed by atoms with Crippen LogP contribution in [0, 0.1) is 0 Å². The maximum Gasteiger partial charge on any atom is 0.269 e. The molecule has 2 heterocycles. The molecular formula is C25H22N4O4S. The molecule has 0 aliphatic carbocycles. The van der Waals surface area contributed by atoms with E-state index in [-0.39, 0.29) is 11.9 Å². The van der Waals surface area contributed by atoms with Crippen LogP contribution in [0.2, 0.25) is 0 Å². The highest BCUT2D eigenvalue weighted by atomic mass is 32.2. The van der Waals surface area contributed by atoms with Gasteiger partial charge in [0.15, 0.2) is 11.5 Å². The molecule has 4 N–H and O–H groups in total. The van der Waals surface area contributed by atoms with Crippen molar-refractivity contribution in [2.24, 2.45) is 10.7 Å². The molecule has 8 nitrogen and oxygen atoms in total. The number of nitrogens with one attached hydrogen (secondary N) is 1. The summed E-state index contributed by atoms with van der Waals surface area (Å²) in [6, 6.07) is 22.1. The lowest BCUT2D eigenvalue weighted by molar-refractivity contribution is -0.129. The highest BCUT2D eigenvalue weighted by molar-refractivity contribution is 7.85. The van der Waals surface area contributed by atoms with Gasteiger partial charge in [-0.05, 0) is 57.5 Å². The molecule has 1 aromatic heterocycles. The number of rotatable bonds is 5. The van der Waals surface area contributed by atoms with Crippen LogP contribution >= 0.6 is 0 Å². The average molecular weight is 475 g/mol. The van der Waals surface area contributed by atoms with Crippen LogP contribution in [-0.2, 0) is 26.2 Å². The number of nitrogens with zero attached hydrogens (tertiary/aromatic N) is 2. The molecule has 1 aliphatic rings. The quantitative estimate of drug-likeness (QED) is 0.383. The summed E-state index contributed by atoms with van der Waals surface area (Å²) in [7, 11) is -2.61. The number of amides is 1. The Morgan fingerprint density at radius 2 is 1.74 bits per heavy atom. The highest BCUT2D eigenvalue weighted by Gasteiger charge is 2.49. The lowest BCUT2D eigenvalue weighted by atomic mass is 9.81. The van der Waals surface area contributed by atoms with Gasteiger partial charge in [0.1, 0.15) is 5.75 Å². The number of aromatic amines is 1. The molecular weight excluding hydrogens is 452 g/mol. The van der Waals surface area contributed by atoms with Crippen LogP contribution in [0.1, 0.15) is 16.7 Å². The second kappa shape index (κ2) is 7.82. The molecule has 34 heavy (non-hydrogen) atoms. The molecule has 0 radical (unpaired) electrons. The van der Waals surface area contributed by atoms with Gasteiger partial charge in [-0.3, -0.25) is 14.2 Å². The Hall–Kier alpha value is -3.95. The van der Waals surface area contributed by atoms with Crippen LogP contribution in [0.25, 0.3) is 22.0 Å². The van der Waals surface area contributed by atoms with Crippen LogP contribution < -0.4 is 5.73 Å². The van der Waals surface area contributed by atoms with Crippen molar-refractivity contribution in [3.8, 4) is 11.1 Å². The average Bonchev–Trinajstić information content (AvgIpc) is 3.37. The van der Waals surface area contributed by atoms with E-state index in [9.17, 15) is 13.2 Å². The Morgan fingerprint density at radius 1 is 1.00 bits per heavy atom. The fraction of sp³-hybridized carbons (Fsp3) is 0.120. The van der Waals surface area contributed by atoms with E-state index in [0.29, 0.717) is 16.7 Å². The van der Waals surface area contributed by atoms with E-state index >= 15 is 0 Å². The van der Waals surface area contributed by atoms with E-state index in [1.165, 1.54) is 4.90 Å². The van der Waals surface area contributed by atoms with E-state index in [1.807, 2.05) is 48.7 Å². The minimum atomic E-state index is -4.18. The number of fused-ring (bicyclic) bond motifs is 1. The monoisotopic (exact) mass is 474 g/mol. The molecule has 1 unspecified atom stereocenters. The third-order valence-corrected chi connectivity index (χ3v) is 6.83. The second-order valence-electron chi connectivity index (χ2n) is 8.33. The Morgan fingerprint density at radius 3 is 2.41 bits per heavy atom. The van der Waals surface area contributed by atoms with Crippen LogP contribution in [0.4, 0.5) is 0 Å². The topological polar surface area (TPSA) is 129 Å². The lowest BCUT2D eigenvalue weighted by Crippen LogP contribution is -2.41. The van der Waals surface area contributed by atoms with Crippen LogP contribution in [0.15, 0.2) is 84.0 Å². The first-order valence-corrected chi connectivity index (χ1v) is 12.1. The zero-order valence-electron chi connectivity index (χ0n) is 18.3. The van der Waals surface area contributed by atoms with Crippen molar-refractivity contribution in [3.63, 3.8) is 0 Å². The van der Waals surface area contributed by atoms with Crippen molar-refractivity contribution < 1.29 is 17.8 Å². The number of aromatic nitrogens is 1. The van der Waals surface area contributed by atoms with Crippen LogP contribution in [-0.4, -0.2) is 41.8 Å². The Bertz CT molecular complexity index is 1560. The van der Waals surface area contributed by atoms with Gasteiger partial charge in [-0.25, -0.2) is 4.99 Å². The van der Waals surface area contributed by atoms with Crippen LogP contribution in [0.3, 0.4) is 0 Å². The molecule has 0 saturated carbocycles. The summed E-state index contributed by atoms with van der Waals surface area (Å²) in [4.78, 5) is 22.6. The number of guanidine groups is 1. The largest absolute Gasteiger partial charge is 0.369 e. The van der Waals surface area contributed by atoms with Crippen molar-refractivity contribution in [1.29, 1.82) is 0 Å². The van der Waals surface area contributed by atoms with Crippen molar-refractivity contribution in [1.82, 2.24) is 9.88 Å². The smallest absolute Gasteiger partial charge is 0.269 e. The molecule has 1 amide bonds. The van der Waals surface area contributed by atoms with Crippen LogP contribution in [0.5, 0.6) is 0 Å². The summed E-state index contributed by atoms with van der Waals surface area (Å²) in [5.74, 6) is -0.742. The minimum absolute atomic E-state index is 0.0890. The second-order valence-corrected chi connectivity index (χ2v) is 9.78. The lowest BCUT2D eigenvalue weighted by Gasteiger charge is -2.26. The van der Waals surface area contributed by atoms with Gasteiger partial charge >= 0.3 is 0 Å².